The SMILES string of the molecule is CCCN(CC(=O)N1N=C(c2cc3ccccc3o2)CC1c1ccco1)CC(F)F. The van der Waals surface area contributed by atoms with Gasteiger partial charge in [0.05, 0.1) is 19.4 Å². The largest absolute Gasteiger partial charge is 0.467 e. The van der Waals surface area contributed by atoms with Crippen molar-refractivity contribution in [1.82, 2.24) is 9.91 Å². The Morgan fingerprint density at radius 3 is 2.83 bits per heavy atom. The molecule has 0 fully saturated rings. The summed E-state index contributed by atoms with van der Waals surface area (Å²) in [6.45, 7) is 1.73. The van der Waals surface area contributed by atoms with Crippen molar-refractivity contribution in [3.8, 4) is 0 Å². The summed E-state index contributed by atoms with van der Waals surface area (Å²) in [5.74, 6) is 0.826. The van der Waals surface area contributed by atoms with Crippen molar-refractivity contribution >= 4 is 22.6 Å². The van der Waals surface area contributed by atoms with Gasteiger partial charge in [0, 0.05) is 11.8 Å². The number of hydrogen-bond donors (Lipinski definition) is 0. The summed E-state index contributed by atoms with van der Waals surface area (Å²) in [7, 11) is 0. The van der Waals surface area contributed by atoms with Crippen LogP contribution in [0.15, 0.2) is 62.7 Å². The zero-order chi connectivity index (χ0) is 21.1. The molecule has 30 heavy (non-hydrogen) atoms. The number of nitrogens with zero attached hydrogens (tertiary/aromatic N) is 3. The maximum absolute atomic E-state index is 13.0. The predicted octanol–water partition coefficient (Wildman–Crippen LogP) is 4.68. The van der Waals surface area contributed by atoms with Gasteiger partial charge in [-0.2, -0.15) is 5.10 Å². The van der Waals surface area contributed by atoms with Gasteiger partial charge in [-0.15, -0.1) is 0 Å². The average Bonchev–Trinajstić information content (AvgIpc) is 3.45. The number of alkyl halides is 2. The minimum Gasteiger partial charge on any atom is -0.467 e. The van der Waals surface area contributed by atoms with Gasteiger partial charge in [0.2, 0.25) is 0 Å². The van der Waals surface area contributed by atoms with E-state index in [9.17, 15) is 13.6 Å². The molecule has 0 spiro atoms. The van der Waals surface area contributed by atoms with Crippen molar-refractivity contribution in [3.63, 3.8) is 0 Å². The molecule has 1 unspecified atom stereocenters. The van der Waals surface area contributed by atoms with Crippen molar-refractivity contribution in [1.29, 1.82) is 0 Å². The van der Waals surface area contributed by atoms with Gasteiger partial charge in [0.25, 0.3) is 12.3 Å². The topological polar surface area (TPSA) is 62.2 Å². The molecule has 158 valence electrons. The molecule has 1 aliphatic rings. The van der Waals surface area contributed by atoms with Crippen LogP contribution >= 0.6 is 0 Å². The predicted molar refractivity (Wildman–Crippen MR) is 108 cm³/mol. The molecule has 0 aliphatic carbocycles. The van der Waals surface area contributed by atoms with E-state index in [4.69, 9.17) is 8.83 Å². The van der Waals surface area contributed by atoms with Gasteiger partial charge in [0.1, 0.15) is 23.1 Å². The van der Waals surface area contributed by atoms with E-state index in [1.165, 1.54) is 16.2 Å². The first-order valence-electron chi connectivity index (χ1n) is 9.97. The Bertz CT molecular complexity index is 996. The molecule has 1 atom stereocenters. The molecule has 0 bridgehead atoms. The van der Waals surface area contributed by atoms with Crippen molar-refractivity contribution in [3.05, 3.63) is 60.2 Å². The number of amides is 1. The van der Waals surface area contributed by atoms with E-state index in [2.05, 4.69) is 5.10 Å². The fraction of sp³-hybridized carbons (Fsp3) is 0.364. The summed E-state index contributed by atoms with van der Waals surface area (Å²) in [4.78, 5) is 14.5. The van der Waals surface area contributed by atoms with Gasteiger partial charge < -0.3 is 8.83 Å². The molecular weight excluding hydrogens is 392 g/mol. The van der Waals surface area contributed by atoms with Crippen LogP contribution in [0.2, 0.25) is 0 Å². The van der Waals surface area contributed by atoms with Crippen LogP contribution in [0, 0.1) is 0 Å². The third-order valence-corrected chi connectivity index (χ3v) is 5.04. The first-order valence-corrected chi connectivity index (χ1v) is 9.97. The molecule has 6 nitrogen and oxygen atoms in total. The lowest BCUT2D eigenvalue weighted by atomic mass is 10.1. The number of para-hydroxylation sites is 1. The first kappa shape index (κ1) is 20.3. The Balaban J connectivity index is 1.60. The molecule has 4 rings (SSSR count). The number of halogens is 2. The molecule has 1 aliphatic heterocycles. The summed E-state index contributed by atoms with van der Waals surface area (Å²) in [5, 5.41) is 6.80. The number of fused-ring (bicyclic) bond motifs is 1. The van der Waals surface area contributed by atoms with Crippen molar-refractivity contribution in [2.45, 2.75) is 32.2 Å². The highest BCUT2D eigenvalue weighted by Crippen LogP contribution is 2.34. The van der Waals surface area contributed by atoms with Gasteiger partial charge in [-0.05, 0) is 37.2 Å². The summed E-state index contributed by atoms with van der Waals surface area (Å²) in [5.41, 5.74) is 1.36. The van der Waals surface area contributed by atoms with Gasteiger partial charge in [-0.1, -0.05) is 25.1 Å². The molecule has 1 amide bonds. The number of hydrazone groups is 1. The molecular formula is C22H23F2N3O3. The van der Waals surface area contributed by atoms with Crippen LogP contribution in [0.5, 0.6) is 0 Å². The van der Waals surface area contributed by atoms with Crippen LogP contribution in [-0.4, -0.2) is 47.6 Å². The molecule has 0 saturated carbocycles. The summed E-state index contributed by atoms with van der Waals surface area (Å²) in [6, 6.07) is 12.6. The van der Waals surface area contributed by atoms with Crippen molar-refractivity contribution in [2.24, 2.45) is 5.10 Å². The number of carbonyl (C=O) groups is 1. The minimum absolute atomic E-state index is 0.133. The van der Waals surface area contributed by atoms with Gasteiger partial charge in [-0.25, -0.2) is 13.8 Å². The summed E-state index contributed by atoms with van der Waals surface area (Å²) < 4.78 is 37.2. The van der Waals surface area contributed by atoms with E-state index < -0.39 is 19.0 Å². The fourth-order valence-corrected chi connectivity index (χ4v) is 3.73. The van der Waals surface area contributed by atoms with Crippen molar-refractivity contribution in [2.75, 3.05) is 19.6 Å². The normalized spacial score (nSPS) is 16.8. The standard InChI is InChI=1S/C22H23F2N3O3/c1-2-9-26(13-21(23)24)14-22(28)27-17(19-8-5-10-29-19)12-16(25-27)20-11-15-6-3-4-7-18(15)30-20/h3-8,10-11,17,21H,2,9,12-14H2,1H3. The Kier molecular flexibility index (Phi) is 5.94. The second-order valence-corrected chi connectivity index (χ2v) is 7.30. The highest BCUT2D eigenvalue weighted by Gasteiger charge is 2.36. The van der Waals surface area contributed by atoms with Crippen molar-refractivity contribution < 1.29 is 22.4 Å². The number of rotatable bonds is 8. The van der Waals surface area contributed by atoms with Crippen LogP contribution in [0.4, 0.5) is 8.78 Å². The van der Waals surface area contributed by atoms with E-state index >= 15 is 0 Å². The quantitative estimate of drug-likeness (QED) is 0.536. The maximum Gasteiger partial charge on any atom is 0.257 e. The van der Waals surface area contributed by atoms with Gasteiger partial charge in [0.15, 0.2) is 5.76 Å². The highest BCUT2D eigenvalue weighted by atomic mass is 19.3. The third kappa shape index (κ3) is 4.28. The minimum atomic E-state index is -2.50. The van der Waals surface area contributed by atoms with E-state index in [1.807, 2.05) is 37.3 Å². The van der Waals surface area contributed by atoms with Crippen LogP contribution in [-0.2, 0) is 4.79 Å². The molecule has 1 aromatic carbocycles. The third-order valence-electron chi connectivity index (χ3n) is 5.04. The fourth-order valence-electron chi connectivity index (χ4n) is 3.73. The maximum atomic E-state index is 13.0. The van der Waals surface area contributed by atoms with E-state index in [1.54, 1.807) is 12.1 Å². The van der Waals surface area contributed by atoms with E-state index in [-0.39, 0.29) is 12.5 Å². The van der Waals surface area contributed by atoms with Gasteiger partial charge >= 0.3 is 0 Å². The van der Waals surface area contributed by atoms with Gasteiger partial charge in [-0.3, -0.25) is 9.69 Å². The molecule has 2 aromatic heterocycles. The first-order chi connectivity index (χ1) is 14.5. The Hall–Kier alpha value is -3.00. The average molecular weight is 415 g/mol. The molecule has 8 heteroatoms. The smallest absolute Gasteiger partial charge is 0.257 e. The molecule has 0 radical (unpaired) electrons. The molecule has 0 saturated heterocycles. The number of hydrogen-bond acceptors (Lipinski definition) is 5. The zero-order valence-electron chi connectivity index (χ0n) is 16.6. The zero-order valence-corrected chi connectivity index (χ0v) is 16.6. The lowest BCUT2D eigenvalue weighted by molar-refractivity contribution is -0.135. The molecule has 3 heterocycles. The van der Waals surface area contributed by atoms with Crippen LogP contribution in [0.3, 0.4) is 0 Å². The van der Waals surface area contributed by atoms with Crippen LogP contribution in [0.1, 0.15) is 37.3 Å². The number of furan rings is 2. The van der Waals surface area contributed by atoms with E-state index in [0.29, 0.717) is 36.6 Å². The molecule has 0 N–H and O–H groups in total. The Morgan fingerprint density at radius 1 is 1.30 bits per heavy atom. The highest BCUT2D eigenvalue weighted by molar-refractivity contribution is 6.03. The Morgan fingerprint density at radius 2 is 2.13 bits per heavy atom. The monoisotopic (exact) mass is 415 g/mol. The number of carbonyl (C=O) groups excluding carboxylic acids is 1. The summed E-state index contributed by atoms with van der Waals surface area (Å²) >= 11 is 0. The Labute approximate surface area is 172 Å². The van der Waals surface area contributed by atoms with Crippen LogP contribution in [0.25, 0.3) is 11.0 Å². The lowest BCUT2D eigenvalue weighted by Gasteiger charge is -2.25. The van der Waals surface area contributed by atoms with E-state index in [0.717, 1.165) is 11.0 Å². The summed E-state index contributed by atoms with van der Waals surface area (Å²) in [6.07, 6.45) is 0.132. The van der Waals surface area contributed by atoms with Crippen LogP contribution < -0.4 is 0 Å². The lowest BCUT2D eigenvalue weighted by Crippen LogP contribution is -2.40. The second-order valence-electron chi connectivity index (χ2n) is 7.30. The number of benzene rings is 1. The molecule has 3 aromatic rings. The second kappa shape index (κ2) is 8.79.